The molecule has 150 valence electrons. The summed E-state index contributed by atoms with van der Waals surface area (Å²) in [5, 5.41) is 4.35. The minimum Gasteiger partial charge on any atom is -0.433 e. The average molecular weight is 397 g/mol. The number of fused-ring (bicyclic) bond motifs is 1. The van der Waals surface area contributed by atoms with Crippen LogP contribution in [-0.2, 0) is 17.6 Å². The number of ether oxygens (including phenoxy) is 1. The van der Waals surface area contributed by atoms with Gasteiger partial charge in [-0.25, -0.2) is 4.68 Å². The Morgan fingerprint density at radius 2 is 1.97 bits per heavy atom. The minimum atomic E-state index is -2.93. The van der Waals surface area contributed by atoms with Crippen molar-refractivity contribution in [2.24, 2.45) is 0 Å². The van der Waals surface area contributed by atoms with Crippen molar-refractivity contribution >= 4 is 11.6 Å². The lowest BCUT2D eigenvalue weighted by Crippen LogP contribution is -2.36. The van der Waals surface area contributed by atoms with Gasteiger partial charge in [-0.2, -0.15) is 13.9 Å². The van der Waals surface area contributed by atoms with Crippen LogP contribution in [0.3, 0.4) is 0 Å². The molecule has 1 aliphatic heterocycles. The van der Waals surface area contributed by atoms with Crippen molar-refractivity contribution in [3.05, 3.63) is 72.1 Å². The number of aromatic nitrogens is 2. The Kier molecular flexibility index (Phi) is 5.55. The van der Waals surface area contributed by atoms with E-state index in [-0.39, 0.29) is 18.1 Å². The molecule has 0 atom stereocenters. The van der Waals surface area contributed by atoms with Crippen molar-refractivity contribution in [1.29, 1.82) is 0 Å². The highest BCUT2D eigenvalue weighted by atomic mass is 19.3. The lowest BCUT2D eigenvalue weighted by molar-refractivity contribution is -0.118. The molecule has 0 unspecified atom stereocenters. The molecule has 2 aromatic carbocycles. The van der Waals surface area contributed by atoms with Crippen LogP contribution in [0.4, 0.5) is 14.5 Å². The third kappa shape index (κ3) is 4.29. The molecule has 7 heteroatoms. The molecule has 2 heterocycles. The molecule has 0 spiro atoms. The van der Waals surface area contributed by atoms with Gasteiger partial charge >= 0.3 is 6.61 Å². The van der Waals surface area contributed by atoms with E-state index in [0.29, 0.717) is 18.7 Å². The molecule has 0 radical (unpaired) electrons. The highest BCUT2D eigenvalue weighted by Crippen LogP contribution is 2.37. The maximum absolute atomic E-state index is 12.9. The van der Waals surface area contributed by atoms with Gasteiger partial charge in [0.05, 0.1) is 17.6 Å². The maximum atomic E-state index is 12.9. The SMILES string of the molecule is O=C(CCc1cnn(-c2ccccc2)c1)N1CCCc2cccc(OC(F)F)c21. The first-order valence-electron chi connectivity index (χ1n) is 9.58. The van der Waals surface area contributed by atoms with Crippen LogP contribution in [0.15, 0.2) is 60.9 Å². The number of rotatable bonds is 6. The van der Waals surface area contributed by atoms with E-state index in [0.717, 1.165) is 29.7 Å². The molecule has 29 heavy (non-hydrogen) atoms. The second kappa shape index (κ2) is 8.43. The van der Waals surface area contributed by atoms with Crippen molar-refractivity contribution in [3.63, 3.8) is 0 Å². The Balaban J connectivity index is 1.47. The summed E-state index contributed by atoms with van der Waals surface area (Å²) in [6.07, 6.45) is 5.97. The average Bonchev–Trinajstić information content (AvgIpc) is 3.21. The molecule has 0 fully saturated rings. The van der Waals surface area contributed by atoms with Crippen molar-refractivity contribution in [2.75, 3.05) is 11.4 Å². The zero-order chi connectivity index (χ0) is 20.2. The summed E-state index contributed by atoms with van der Waals surface area (Å²) >= 11 is 0. The molecule has 3 aromatic rings. The summed E-state index contributed by atoms with van der Waals surface area (Å²) in [5.74, 6) is -0.0498. The highest BCUT2D eigenvalue weighted by molar-refractivity contribution is 5.96. The first-order valence-corrected chi connectivity index (χ1v) is 9.58. The number of amides is 1. The molecule has 0 N–H and O–H groups in total. The molecule has 0 bridgehead atoms. The summed E-state index contributed by atoms with van der Waals surface area (Å²) in [6, 6.07) is 14.8. The molecular formula is C22H21F2N3O2. The summed E-state index contributed by atoms with van der Waals surface area (Å²) in [7, 11) is 0. The summed E-state index contributed by atoms with van der Waals surface area (Å²) in [6.45, 7) is -2.43. The quantitative estimate of drug-likeness (QED) is 0.620. The van der Waals surface area contributed by atoms with Crippen LogP contribution in [0.1, 0.15) is 24.0 Å². The Morgan fingerprint density at radius 1 is 1.14 bits per heavy atom. The number of carbonyl (C=O) groups excluding carboxylic acids is 1. The molecule has 1 aliphatic rings. The maximum Gasteiger partial charge on any atom is 0.387 e. The van der Waals surface area contributed by atoms with E-state index < -0.39 is 6.61 Å². The number of carbonyl (C=O) groups is 1. The normalized spacial score (nSPS) is 13.4. The second-order valence-corrected chi connectivity index (χ2v) is 6.92. The Morgan fingerprint density at radius 3 is 2.76 bits per heavy atom. The van der Waals surface area contributed by atoms with Gasteiger partial charge < -0.3 is 9.64 Å². The number of anilines is 1. The predicted molar refractivity (Wildman–Crippen MR) is 106 cm³/mol. The Bertz CT molecular complexity index is 989. The third-order valence-electron chi connectivity index (χ3n) is 4.98. The Labute approximate surface area is 167 Å². The minimum absolute atomic E-state index is 0.0578. The first kappa shape index (κ1) is 19.1. The molecule has 4 rings (SSSR count). The number of halogens is 2. The van der Waals surface area contributed by atoms with Crippen molar-refractivity contribution in [2.45, 2.75) is 32.3 Å². The second-order valence-electron chi connectivity index (χ2n) is 6.92. The lowest BCUT2D eigenvalue weighted by atomic mass is 10.00. The smallest absolute Gasteiger partial charge is 0.387 e. The monoisotopic (exact) mass is 397 g/mol. The van der Waals surface area contributed by atoms with E-state index >= 15 is 0 Å². The van der Waals surface area contributed by atoms with E-state index in [9.17, 15) is 13.6 Å². The van der Waals surface area contributed by atoms with Crippen molar-refractivity contribution < 1.29 is 18.3 Å². The zero-order valence-corrected chi connectivity index (χ0v) is 15.8. The van der Waals surface area contributed by atoms with Crippen LogP contribution >= 0.6 is 0 Å². The number of benzene rings is 2. The molecule has 5 nitrogen and oxygen atoms in total. The number of hydrogen-bond acceptors (Lipinski definition) is 3. The number of nitrogens with zero attached hydrogens (tertiary/aromatic N) is 3. The molecule has 0 aliphatic carbocycles. The van der Waals surface area contributed by atoms with Crippen LogP contribution in [0, 0.1) is 0 Å². The largest absolute Gasteiger partial charge is 0.433 e. The van der Waals surface area contributed by atoms with Crippen LogP contribution in [0.25, 0.3) is 5.69 Å². The fourth-order valence-electron chi connectivity index (χ4n) is 3.65. The van der Waals surface area contributed by atoms with Gasteiger partial charge in [0.15, 0.2) is 0 Å². The fourth-order valence-corrected chi connectivity index (χ4v) is 3.65. The van der Waals surface area contributed by atoms with Crippen LogP contribution in [0.5, 0.6) is 5.75 Å². The number of hydrogen-bond donors (Lipinski definition) is 0. The van der Waals surface area contributed by atoms with Gasteiger partial charge in [0.1, 0.15) is 5.75 Å². The highest BCUT2D eigenvalue weighted by Gasteiger charge is 2.27. The van der Waals surface area contributed by atoms with Gasteiger partial charge in [0, 0.05) is 19.2 Å². The van der Waals surface area contributed by atoms with Crippen LogP contribution in [0.2, 0.25) is 0 Å². The first-order chi connectivity index (χ1) is 14.1. The number of para-hydroxylation sites is 2. The van der Waals surface area contributed by atoms with Crippen LogP contribution in [-0.4, -0.2) is 28.8 Å². The van der Waals surface area contributed by atoms with E-state index in [1.54, 1.807) is 21.8 Å². The van der Waals surface area contributed by atoms with Gasteiger partial charge in [-0.3, -0.25) is 4.79 Å². The zero-order valence-electron chi connectivity index (χ0n) is 15.8. The number of aryl methyl sites for hydroxylation is 2. The summed E-state index contributed by atoms with van der Waals surface area (Å²) in [5.41, 5.74) is 3.23. The van der Waals surface area contributed by atoms with Crippen molar-refractivity contribution in [3.8, 4) is 11.4 Å². The predicted octanol–water partition coefficient (Wildman–Crippen LogP) is 4.39. The molecule has 0 saturated carbocycles. The molecular weight excluding hydrogens is 376 g/mol. The van der Waals surface area contributed by atoms with E-state index in [1.165, 1.54) is 6.07 Å². The van der Waals surface area contributed by atoms with Gasteiger partial charge in [0.2, 0.25) is 5.91 Å². The topological polar surface area (TPSA) is 47.4 Å². The van der Waals surface area contributed by atoms with Gasteiger partial charge in [0.25, 0.3) is 0 Å². The molecule has 1 aromatic heterocycles. The third-order valence-corrected chi connectivity index (χ3v) is 4.98. The Hall–Kier alpha value is -3.22. The van der Waals surface area contributed by atoms with Crippen LogP contribution < -0.4 is 9.64 Å². The van der Waals surface area contributed by atoms with Gasteiger partial charge in [-0.1, -0.05) is 30.3 Å². The standard InChI is InChI=1S/C22H21F2N3O2/c23-22(24)29-19-10-4-6-17-7-5-13-26(21(17)19)20(28)12-11-16-14-25-27(15-16)18-8-2-1-3-9-18/h1-4,6,8-10,14-15,22H,5,7,11-13H2. The van der Waals surface area contributed by atoms with E-state index in [1.807, 2.05) is 42.6 Å². The molecule has 1 amide bonds. The lowest BCUT2D eigenvalue weighted by Gasteiger charge is -2.31. The summed E-state index contributed by atoms with van der Waals surface area (Å²) in [4.78, 5) is 14.5. The van der Waals surface area contributed by atoms with Crippen molar-refractivity contribution in [1.82, 2.24) is 9.78 Å². The van der Waals surface area contributed by atoms with Gasteiger partial charge in [-0.05, 0) is 48.6 Å². The molecule has 0 saturated heterocycles. The van der Waals surface area contributed by atoms with Gasteiger partial charge in [-0.15, -0.1) is 0 Å². The van der Waals surface area contributed by atoms with E-state index in [2.05, 4.69) is 9.84 Å². The van der Waals surface area contributed by atoms with E-state index in [4.69, 9.17) is 0 Å². The fraction of sp³-hybridized carbons (Fsp3) is 0.273. The summed E-state index contributed by atoms with van der Waals surface area (Å²) < 4.78 is 32.0. The number of alkyl halides is 2.